The van der Waals surface area contributed by atoms with Crippen LogP contribution in [0.15, 0.2) is 61.2 Å². The van der Waals surface area contributed by atoms with Crippen LogP contribution in [-0.4, -0.2) is 55.0 Å². The molecule has 204 valence electrons. The minimum absolute atomic E-state index is 0.0657. The summed E-state index contributed by atoms with van der Waals surface area (Å²) in [6.07, 6.45) is 3.41. The first-order valence-electron chi connectivity index (χ1n) is 12.6. The van der Waals surface area contributed by atoms with Crippen LogP contribution in [0.25, 0.3) is 33.1 Å². The molecule has 12 heteroatoms. The van der Waals surface area contributed by atoms with Crippen LogP contribution in [-0.2, 0) is 22.7 Å². The molecule has 40 heavy (non-hydrogen) atoms. The Bertz CT molecular complexity index is 1770. The van der Waals surface area contributed by atoms with Crippen LogP contribution in [0.1, 0.15) is 12.0 Å². The zero-order valence-corrected chi connectivity index (χ0v) is 21.8. The van der Waals surface area contributed by atoms with E-state index in [0.717, 1.165) is 22.0 Å². The maximum absolute atomic E-state index is 14.5. The van der Waals surface area contributed by atoms with E-state index in [2.05, 4.69) is 20.3 Å². The summed E-state index contributed by atoms with van der Waals surface area (Å²) in [4.78, 5) is 39.3. The van der Waals surface area contributed by atoms with E-state index in [4.69, 9.17) is 17.3 Å². The van der Waals surface area contributed by atoms with Crippen molar-refractivity contribution in [1.29, 1.82) is 0 Å². The fraction of sp³-hybridized carbons (Fsp3) is 0.214. The maximum Gasteiger partial charge on any atom is 0.243 e. The number of benzene rings is 2. The van der Waals surface area contributed by atoms with Crippen LogP contribution in [0.4, 0.5) is 14.6 Å². The van der Waals surface area contributed by atoms with E-state index >= 15 is 0 Å². The second-order valence-electron chi connectivity index (χ2n) is 9.73. The summed E-state index contributed by atoms with van der Waals surface area (Å²) in [6.45, 7) is -0.567. The molecule has 2 atom stereocenters. The molecule has 0 bridgehead atoms. The largest absolute Gasteiger partial charge is 0.383 e. The highest BCUT2D eigenvalue weighted by Gasteiger charge is 2.40. The van der Waals surface area contributed by atoms with Gasteiger partial charge >= 0.3 is 0 Å². The van der Waals surface area contributed by atoms with Crippen molar-refractivity contribution in [2.75, 3.05) is 12.3 Å². The number of aromatic nitrogens is 4. The summed E-state index contributed by atoms with van der Waals surface area (Å²) in [5.41, 5.74) is 9.44. The monoisotopic (exact) mass is 563 g/mol. The fourth-order valence-corrected chi connectivity index (χ4v) is 5.43. The van der Waals surface area contributed by atoms with Gasteiger partial charge in [0.05, 0.1) is 17.0 Å². The van der Waals surface area contributed by atoms with Crippen molar-refractivity contribution in [3.05, 3.63) is 77.6 Å². The zero-order valence-electron chi connectivity index (χ0n) is 21.1. The first-order chi connectivity index (χ1) is 19.3. The molecule has 6 rings (SSSR count). The number of alkyl halides is 1. The van der Waals surface area contributed by atoms with Gasteiger partial charge in [-0.15, -0.1) is 0 Å². The van der Waals surface area contributed by atoms with Gasteiger partial charge in [0.15, 0.2) is 0 Å². The van der Waals surface area contributed by atoms with Gasteiger partial charge in [-0.3, -0.25) is 9.59 Å². The van der Waals surface area contributed by atoms with Gasteiger partial charge in [-0.1, -0.05) is 29.8 Å². The summed E-state index contributed by atoms with van der Waals surface area (Å²) in [6, 6.07) is 11.3. The molecule has 2 amide bonds. The molecule has 4 N–H and O–H groups in total. The molecule has 1 saturated heterocycles. The number of hydrogen-bond acceptors (Lipinski definition) is 5. The van der Waals surface area contributed by atoms with Crippen LogP contribution in [0.3, 0.4) is 0 Å². The third-order valence-corrected chi connectivity index (χ3v) is 7.50. The number of hydrogen-bond donors (Lipinski definition) is 3. The number of nitrogen functional groups attached to an aromatic ring is 1. The highest BCUT2D eigenvalue weighted by Crippen LogP contribution is 2.34. The van der Waals surface area contributed by atoms with Gasteiger partial charge in [0, 0.05) is 42.0 Å². The first-order valence-corrected chi connectivity index (χ1v) is 13.0. The summed E-state index contributed by atoms with van der Waals surface area (Å²) in [5, 5.41) is 4.14. The molecule has 0 aliphatic carbocycles. The number of amides is 2. The van der Waals surface area contributed by atoms with Crippen molar-refractivity contribution in [2.45, 2.75) is 31.7 Å². The Morgan fingerprint density at radius 2 is 2.05 bits per heavy atom. The lowest BCUT2D eigenvalue weighted by atomic mass is 10.0. The van der Waals surface area contributed by atoms with Crippen molar-refractivity contribution < 1.29 is 18.4 Å². The quantitative estimate of drug-likeness (QED) is 0.286. The second-order valence-corrected chi connectivity index (χ2v) is 10.1. The Morgan fingerprint density at radius 1 is 1.20 bits per heavy atom. The van der Waals surface area contributed by atoms with E-state index in [9.17, 15) is 18.4 Å². The summed E-state index contributed by atoms with van der Waals surface area (Å²) in [7, 11) is 0. The van der Waals surface area contributed by atoms with Gasteiger partial charge < -0.3 is 25.5 Å². The van der Waals surface area contributed by atoms with Crippen molar-refractivity contribution in [3.8, 4) is 11.1 Å². The Hall–Kier alpha value is -4.51. The van der Waals surface area contributed by atoms with Crippen LogP contribution in [0.5, 0.6) is 0 Å². The second kappa shape index (κ2) is 10.2. The Balaban J connectivity index is 1.26. The number of fused-ring (bicyclic) bond motifs is 2. The molecule has 3 aromatic heterocycles. The Morgan fingerprint density at radius 3 is 2.90 bits per heavy atom. The van der Waals surface area contributed by atoms with Crippen molar-refractivity contribution in [3.63, 3.8) is 0 Å². The summed E-state index contributed by atoms with van der Waals surface area (Å²) in [5.74, 6) is -1.41. The standard InChI is InChI=1S/C28H24ClF2N7O2/c29-20-3-1-2-17(25(20)31)10-34-28(40)22-9-18(30)11-38(22)23(39)13-37-12-19(24-26(32)35-14-36-27(24)37)15-4-5-21-16(8-15)6-7-33-21/h1-8,12,14,18,22,33H,9-11,13H2,(H,34,40)(H2,32,35,36)/t18-,22+/m1/s1. The lowest BCUT2D eigenvalue weighted by Crippen LogP contribution is -2.46. The van der Waals surface area contributed by atoms with E-state index < -0.39 is 29.8 Å². The van der Waals surface area contributed by atoms with Gasteiger partial charge in [-0.05, 0) is 35.2 Å². The Labute approximate surface area is 231 Å². The molecular weight excluding hydrogens is 540 g/mol. The highest BCUT2D eigenvalue weighted by molar-refractivity contribution is 6.30. The predicted octanol–water partition coefficient (Wildman–Crippen LogP) is 4.21. The zero-order chi connectivity index (χ0) is 28.0. The third kappa shape index (κ3) is 4.62. The van der Waals surface area contributed by atoms with Gasteiger partial charge in [0.1, 0.15) is 42.4 Å². The van der Waals surface area contributed by atoms with E-state index in [1.807, 2.05) is 30.5 Å². The average Bonchev–Trinajstić information content (AvgIpc) is 3.66. The van der Waals surface area contributed by atoms with E-state index in [1.165, 1.54) is 23.4 Å². The summed E-state index contributed by atoms with van der Waals surface area (Å²) < 4.78 is 30.4. The number of nitrogens with one attached hydrogen (secondary N) is 2. The molecule has 2 aromatic carbocycles. The van der Waals surface area contributed by atoms with Gasteiger partial charge in [0.25, 0.3) is 0 Å². The lowest BCUT2D eigenvalue weighted by molar-refractivity contribution is -0.139. The lowest BCUT2D eigenvalue weighted by Gasteiger charge is -2.24. The molecule has 0 saturated carbocycles. The average molecular weight is 564 g/mol. The fourth-order valence-electron chi connectivity index (χ4n) is 5.24. The van der Waals surface area contributed by atoms with Crippen LogP contribution >= 0.6 is 11.6 Å². The van der Waals surface area contributed by atoms with Gasteiger partial charge in [-0.25, -0.2) is 18.7 Å². The predicted molar refractivity (Wildman–Crippen MR) is 148 cm³/mol. The number of halogens is 3. The van der Waals surface area contributed by atoms with Crippen LogP contribution in [0, 0.1) is 5.82 Å². The number of carbonyl (C=O) groups is 2. The molecule has 0 spiro atoms. The maximum atomic E-state index is 14.5. The van der Waals surface area contributed by atoms with Crippen molar-refractivity contribution in [1.82, 2.24) is 29.7 Å². The third-order valence-electron chi connectivity index (χ3n) is 7.21. The Kier molecular flexibility index (Phi) is 6.59. The van der Waals surface area contributed by atoms with E-state index in [0.29, 0.717) is 11.0 Å². The number of aromatic amines is 1. The number of anilines is 1. The van der Waals surface area contributed by atoms with Crippen molar-refractivity contribution >= 4 is 51.2 Å². The van der Waals surface area contributed by atoms with Crippen molar-refractivity contribution in [2.24, 2.45) is 0 Å². The molecular formula is C28H24ClF2N7O2. The molecule has 0 unspecified atom stereocenters. The number of carbonyl (C=O) groups excluding carboxylic acids is 2. The molecule has 0 radical (unpaired) electrons. The molecule has 5 aromatic rings. The van der Waals surface area contributed by atoms with Crippen LogP contribution < -0.4 is 11.1 Å². The SMILES string of the molecule is Nc1ncnc2c1c(-c1ccc3[nH]ccc3c1)cn2CC(=O)N1C[C@H](F)C[C@H]1C(=O)NCc1cccc(Cl)c1F. The number of nitrogens with zero attached hydrogens (tertiary/aromatic N) is 4. The van der Waals surface area contributed by atoms with Gasteiger partial charge in [0.2, 0.25) is 11.8 Å². The minimum Gasteiger partial charge on any atom is -0.383 e. The normalized spacial score (nSPS) is 17.1. The number of nitrogens with two attached hydrogens (primary N) is 1. The minimum atomic E-state index is -1.37. The smallest absolute Gasteiger partial charge is 0.243 e. The first kappa shape index (κ1) is 25.8. The highest BCUT2D eigenvalue weighted by atomic mass is 35.5. The molecule has 9 nitrogen and oxygen atoms in total. The van der Waals surface area contributed by atoms with E-state index in [-0.39, 0.29) is 42.5 Å². The number of rotatable bonds is 6. The topological polar surface area (TPSA) is 122 Å². The molecule has 1 aliphatic heterocycles. The number of likely N-dealkylation sites (tertiary alicyclic amines) is 1. The molecule has 4 heterocycles. The number of H-pyrrole nitrogens is 1. The molecule has 1 fully saturated rings. The van der Waals surface area contributed by atoms with E-state index in [1.54, 1.807) is 16.8 Å². The molecule has 1 aliphatic rings. The van der Waals surface area contributed by atoms with Gasteiger partial charge in [-0.2, -0.15) is 0 Å². The van der Waals surface area contributed by atoms with Crippen LogP contribution in [0.2, 0.25) is 5.02 Å². The summed E-state index contributed by atoms with van der Waals surface area (Å²) >= 11 is 5.82.